The van der Waals surface area contributed by atoms with E-state index in [0.29, 0.717) is 13.2 Å². The van der Waals surface area contributed by atoms with Crippen LogP contribution in [-0.4, -0.2) is 57.2 Å². The lowest BCUT2D eigenvalue weighted by Gasteiger charge is -2.15. The molecule has 0 bridgehead atoms. The van der Waals surface area contributed by atoms with E-state index in [1.165, 1.54) is 0 Å². The first-order valence-corrected chi connectivity index (χ1v) is 6.44. The molecule has 0 rings (SSSR count). The monoisotopic (exact) mass is 245 g/mol. The van der Waals surface area contributed by atoms with E-state index in [1.807, 2.05) is 13.8 Å². The fraction of sp³-hybridized carbons (Fsp3) is 0.923. The average molecular weight is 245 g/mol. The Morgan fingerprint density at radius 2 is 1.76 bits per heavy atom. The van der Waals surface area contributed by atoms with Gasteiger partial charge in [0.1, 0.15) is 6.61 Å². The normalized spacial score (nSPS) is 11.4. The first-order chi connectivity index (χ1) is 8.07. The average Bonchev–Trinajstić information content (AvgIpc) is 2.27. The summed E-state index contributed by atoms with van der Waals surface area (Å²) in [4.78, 5) is 13.5. The third-order valence-corrected chi connectivity index (χ3v) is 2.48. The van der Waals surface area contributed by atoms with Gasteiger partial charge in [-0.3, -0.25) is 4.79 Å². The van der Waals surface area contributed by atoms with Crippen LogP contribution in [0.2, 0.25) is 0 Å². The number of carbonyl (C=O) groups is 1. The fourth-order valence-electron chi connectivity index (χ4n) is 1.27. The number of ether oxygens (including phenoxy) is 2. The Kier molecular flexibility index (Phi) is 10.4. The highest BCUT2D eigenvalue weighted by atomic mass is 16.5. The largest absolute Gasteiger partial charge is 0.378 e. The quantitative estimate of drug-likeness (QED) is 0.518. The molecule has 0 amide bonds. The molecule has 102 valence electrons. The minimum atomic E-state index is 0.0543. The van der Waals surface area contributed by atoms with Crippen LogP contribution in [0.4, 0.5) is 0 Å². The highest BCUT2D eigenvalue weighted by Gasteiger charge is 2.06. The van der Waals surface area contributed by atoms with Gasteiger partial charge < -0.3 is 14.4 Å². The van der Waals surface area contributed by atoms with E-state index in [-0.39, 0.29) is 18.3 Å². The number of carbonyl (C=O) groups excluding carboxylic acids is 1. The molecule has 4 nitrogen and oxygen atoms in total. The number of rotatable bonds is 11. The minimum absolute atomic E-state index is 0.0543. The van der Waals surface area contributed by atoms with Gasteiger partial charge in [0.05, 0.1) is 19.8 Å². The zero-order chi connectivity index (χ0) is 13.1. The second kappa shape index (κ2) is 10.7. The van der Waals surface area contributed by atoms with Crippen molar-refractivity contribution >= 4 is 5.78 Å². The van der Waals surface area contributed by atoms with Gasteiger partial charge in [-0.25, -0.2) is 0 Å². The Hall–Kier alpha value is -0.450. The van der Waals surface area contributed by atoms with Gasteiger partial charge in [0, 0.05) is 12.5 Å². The second-order valence-corrected chi connectivity index (χ2v) is 4.59. The van der Waals surface area contributed by atoms with Crippen molar-refractivity contribution in [3.05, 3.63) is 0 Å². The van der Waals surface area contributed by atoms with Crippen molar-refractivity contribution in [2.45, 2.75) is 27.2 Å². The van der Waals surface area contributed by atoms with Crippen molar-refractivity contribution in [1.29, 1.82) is 0 Å². The Morgan fingerprint density at radius 1 is 1.12 bits per heavy atom. The summed E-state index contributed by atoms with van der Waals surface area (Å²) in [6, 6.07) is 0. The Bertz CT molecular complexity index is 195. The number of hydrogen-bond donors (Lipinski definition) is 0. The summed E-state index contributed by atoms with van der Waals surface area (Å²) in [7, 11) is 2.09. The first kappa shape index (κ1) is 16.6. The van der Waals surface area contributed by atoms with Crippen molar-refractivity contribution < 1.29 is 14.3 Å². The first-order valence-electron chi connectivity index (χ1n) is 6.44. The summed E-state index contributed by atoms with van der Waals surface area (Å²) in [5.74, 6) is 0.200. The van der Waals surface area contributed by atoms with Gasteiger partial charge in [0.25, 0.3) is 0 Å². The SMILES string of the molecule is CCCN(C)CCOCCOCC(=O)C(C)C. The molecule has 0 aliphatic rings. The van der Waals surface area contributed by atoms with Gasteiger partial charge in [-0.05, 0) is 20.0 Å². The molecule has 0 aromatic carbocycles. The van der Waals surface area contributed by atoms with Gasteiger partial charge in [-0.1, -0.05) is 20.8 Å². The van der Waals surface area contributed by atoms with E-state index in [1.54, 1.807) is 0 Å². The van der Waals surface area contributed by atoms with Gasteiger partial charge >= 0.3 is 0 Å². The predicted molar refractivity (Wildman–Crippen MR) is 69.3 cm³/mol. The standard InChI is InChI=1S/C13H27NO3/c1-5-6-14(4)7-8-16-9-10-17-11-13(15)12(2)3/h12H,5-11H2,1-4H3. The third kappa shape index (κ3) is 10.4. The van der Waals surface area contributed by atoms with Crippen LogP contribution in [0.25, 0.3) is 0 Å². The summed E-state index contributed by atoms with van der Waals surface area (Å²) in [5, 5.41) is 0. The highest BCUT2D eigenvalue weighted by Crippen LogP contribution is 1.94. The number of hydrogen-bond acceptors (Lipinski definition) is 4. The lowest BCUT2D eigenvalue weighted by Crippen LogP contribution is -2.24. The summed E-state index contributed by atoms with van der Waals surface area (Å²) < 4.78 is 10.6. The Labute approximate surface area is 105 Å². The molecule has 0 heterocycles. The molecule has 0 unspecified atom stereocenters. The van der Waals surface area contributed by atoms with Gasteiger partial charge in [-0.15, -0.1) is 0 Å². The van der Waals surface area contributed by atoms with Crippen LogP contribution in [0.3, 0.4) is 0 Å². The number of Topliss-reactive ketones (excluding diaryl/α,β-unsaturated/α-hetero) is 1. The summed E-state index contributed by atoms with van der Waals surface area (Å²) in [6.45, 7) is 9.95. The lowest BCUT2D eigenvalue weighted by molar-refractivity contribution is -0.127. The third-order valence-electron chi connectivity index (χ3n) is 2.48. The molecule has 0 N–H and O–H groups in total. The molecule has 0 fully saturated rings. The number of likely N-dealkylation sites (N-methyl/N-ethyl adjacent to an activating group) is 1. The molecular weight excluding hydrogens is 218 g/mol. The molecule has 0 aromatic heterocycles. The molecule has 0 saturated heterocycles. The van der Waals surface area contributed by atoms with Crippen LogP contribution in [0.1, 0.15) is 27.2 Å². The van der Waals surface area contributed by atoms with Crippen molar-refractivity contribution in [2.24, 2.45) is 5.92 Å². The molecular formula is C13H27NO3. The zero-order valence-corrected chi connectivity index (χ0v) is 11.7. The predicted octanol–water partition coefficient (Wildman–Crippen LogP) is 1.59. The van der Waals surface area contributed by atoms with E-state index >= 15 is 0 Å². The number of ketones is 1. The van der Waals surface area contributed by atoms with Crippen molar-refractivity contribution in [3.8, 4) is 0 Å². The molecule has 0 radical (unpaired) electrons. The van der Waals surface area contributed by atoms with Crippen molar-refractivity contribution in [2.75, 3.05) is 46.6 Å². The van der Waals surface area contributed by atoms with Gasteiger partial charge in [-0.2, -0.15) is 0 Å². The molecule has 0 aliphatic carbocycles. The van der Waals surface area contributed by atoms with Crippen LogP contribution in [-0.2, 0) is 14.3 Å². The molecule has 0 aromatic rings. The second-order valence-electron chi connectivity index (χ2n) is 4.59. The van der Waals surface area contributed by atoms with Crippen LogP contribution >= 0.6 is 0 Å². The summed E-state index contributed by atoms with van der Waals surface area (Å²) in [6.07, 6.45) is 1.16. The minimum Gasteiger partial charge on any atom is -0.378 e. The van der Waals surface area contributed by atoms with Crippen LogP contribution in [0.5, 0.6) is 0 Å². The molecule has 4 heteroatoms. The molecule has 0 atom stereocenters. The van der Waals surface area contributed by atoms with Gasteiger partial charge in [0.2, 0.25) is 0 Å². The van der Waals surface area contributed by atoms with E-state index in [9.17, 15) is 4.79 Å². The van der Waals surface area contributed by atoms with Crippen LogP contribution < -0.4 is 0 Å². The van der Waals surface area contributed by atoms with Crippen LogP contribution in [0.15, 0.2) is 0 Å². The zero-order valence-electron chi connectivity index (χ0n) is 11.7. The van der Waals surface area contributed by atoms with E-state index in [4.69, 9.17) is 9.47 Å². The maximum absolute atomic E-state index is 11.2. The Morgan fingerprint density at radius 3 is 2.35 bits per heavy atom. The van der Waals surface area contributed by atoms with Crippen LogP contribution in [0, 0.1) is 5.92 Å². The molecule has 0 saturated carbocycles. The molecule has 0 spiro atoms. The maximum atomic E-state index is 11.2. The lowest BCUT2D eigenvalue weighted by atomic mass is 10.1. The number of nitrogens with zero attached hydrogens (tertiary/aromatic N) is 1. The van der Waals surface area contributed by atoms with Gasteiger partial charge in [0.15, 0.2) is 5.78 Å². The summed E-state index contributed by atoms with van der Waals surface area (Å²) in [5.41, 5.74) is 0. The highest BCUT2D eigenvalue weighted by molar-refractivity contribution is 5.81. The smallest absolute Gasteiger partial charge is 0.160 e. The Balaban J connectivity index is 3.21. The topological polar surface area (TPSA) is 38.8 Å². The van der Waals surface area contributed by atoms with Crippen molar-refractivity contribution in [1.82, 2.24) is 4.90 Å². The van der Waals surface area contributed by atoms with E-state index in [0.717, 1.165) is 26.1 Å². The fourth-order valence-corrected chi connectivity index (χ4v) is 1.27. The van der Waals surface area contributed by atoms with Crippen molar-refractivity contribution in [3.63, 3.8) is 0 Å². The van der Waals surface area contributed by atoms with E-state index in [2.05, 4.69) is 18.9 Å². The summed E-state index contributed by atoms with van der Waals surface area (Å²) >= 11 is 0. The molecule has 0 aliphatic heterocycles. The van der Waals surface area contributed by atoms with E-state index < -0.39 is 0 Å². The maximum Gasteiger partial charge on any atom is 0.160 e. The molecule has 17 heavy (non-hydrogen) atoms.